The zero-order valence-corrected chi connectivity index (χ0v) is 19.2. The van der Waals surface area contributed by atoms with Crippen molar-refractivity contribution in [2.45, 2.75) is 24.9 Å². The van der Waals surface area contributed by atoms with Crippen molar-refractivity contribution in [2.75, 3.05) is 37.7 Å². The molecule has 11 nitrogen and oxygen atoms in total. The summed E-state index contributed by atoms with van der Waals surface area (Å²) in [6.07, 6.45) is 1.18. The van der Waals surface area contributed by atoms with Crippen molar-refractivity contribution in [2.24, 2.45) is 0 Å². The van der Waals surface area contributed by atoms with Gasteiger partial charge in [-0.2, -0.15) is 5.26 Å². The van der Waals surface area contributed by atoms with Crippen molar-refractivity contribution >= 4 is 41.4 Å². The number of thioether (sulfide) groups is 1. The summed E-state index contributed by atoms with van der Waals surface area (Å²) >= 11 is 0.927. The highest BCUT2D eigenvalue weighted by Gasteiger charge is 2.38. The van der Waals surface area contributed by atoms with Crippen LogP contribution in [-0.2, 0) is 19.2 Å². The number of hydrogen-bond acceptors (Lipinski definition) is 7. The second-order valence-electron chi connectivity index (χ2n) is 7.92. The smallest absolute Gasteiger partial charge is 0.313 e. The van der Waals surface area contributed by atoms with Crippen LogP contribution in [0.15, 0.2) is 24.3 Å². The molecule has 0 unspecified atom stereocenters. The molecule has 2 aliphatic heterocycles. The van der Waals surface area contributed by atoms with Crippen molar-refractivity contribution in [3.05, 3.63) is 35.4 Å². The minimum absolute atomic E-state index is 0.0751. The minimum Gasteiger partial charge on any atom is -0.481 e. The summed E-state index contributed by atoms with van der Waals surface area (Å²) in [5.74, 6) is -3.01. The number of nitrogens with one attached hydrogen (secondary N) is 2. The lowest BCUT2D eigenvalue weighted by Gasteiger charge is -2.41. The third kappa shape index (κ3) is 6.26. The lowest BCUT2D eigenvalue weighted by atomic mass is 10.0. The van der Waals surface area contributed by atoms with E-state index in [0.717, 1.165) is 11.8 Å². The van der Waals surface area contributed by atoms with Crippen molar-refractivity contribution in [1.82, 2.24) is 20.4 Å². The van der Waals surface area contributed by atoms with Crippen LogP contribution in [-0.4, -0.2) is 94.3 Å². The van der Waals surface area contributed by atoms with E-state index in [1.807, 2.05) is 6.07 Å². The Morgan fingerprint density at radius 2 is 1.91 bits per heavy atom. The number of carboxylic acids is 1. The first kappa shape index (κ1) is 25.0. The molecule has 2 atom stereocenters. The standard InChI is InChI=1S/C22H25N5O6S/c23-10-14-3-5-15(6-4-14)22(33)26-8-9-27(18(28)12-34-13-19(29)30)17(11-26)21(32)25-16-2-1-7-24-20(16)31/h3-6,16-17H,1-2,7-9,11-13H2,(H,24,31)(H,25,32)(H,29,30)/t16-,17-/m0/s1. The summed E-state index contributed by atoms with van der Waals surface area (Å²) in [5, 5.41) is 23.1. The van der Waals surface area contributed by atoms with E-state index in [4.69, 9.17) is 10.4 Å². The second kappa shape index (κ2) is 11.5. The van der Waals surface area contributed by atoms with Gasteiger partial charge in [-0.15, -0.1) is 11.8 Å². The molecule has 2 heterocycles. The van der Waals surface area contributed by atoms with Crippen LogP contribution in [0, 0.1) is 11.3 Å². The summed E-state index contributed by atoms with van der Waals surface area (Å²) < 4.78 is 0. The van der Waals surface area contributed by atoms with Gasteiger partial charge in [-0.25, -0.2) is 0 Å². The molecule has 2 aliphatic rings. The summed E-state index contributed by atoms with van der Waals surface area (Å²) in [6.45, 7) is 0.729. The first-order valence-electron chi connectivity index (χ1n) is 10.8. The van der Waals surface area contributed by atoms with E-state index in [2.05, 4.69) is 10.6 Å². The highest BCUT2D eigenvalue weighted by atomic mass is 32.2. The first-order valence-corrected chi connectivity index (χ1v) is 11.9. The molecule has 3 rings (SSSR count). The zero-order valence-electron chi connectivity index (χ0n) is 18.4. The van der Waals surface area contributed by atoms with Crippen LogP contribution in [0.25, 0.3) is 0 Å². The molecular formula is C22H25N5O6S. The number of benzene rings is 1. The highest BCUT2D eigenvalue weighted by Crippen LogP contribution is 2.17. The number of amides is 4. The number of nitriles is 1. The van der Waals surface area contributed by atoms with Crippen LogP contribution in [0.1, 0.15) is 28.8 Å². The van der Waals surface area contributed by atoms with E-state index in [9.17, 15) is 24.0 Å². The molecule has 2 fully saturated rings. The fraction of sp³-hybridized carbons (Fsp3) is 0.455. The fourth-order valence-corrected chi connectivity index (χ4v) is 4.46. The number of nitrogens with zero attached hydrogens (tertiary/aromatic N) is 3. The van der Waals surface area contributed by atoms with Gasteiger partial charge in [-0.05, 0) is 37.1 Å². The average Bonchev–Trinajstić information content (AvgIpc) is 2.84. The second-order valence-corrected chi connectivity index (χ2v) is 8.91. The number of piperidine rings is 1. The van der Waals surface area contributed by atoms with E-state index in [0.29, 0.717) is 30.5 Å². The Morgan fingerprint density at radius 1 is 1.18 bits per heavy atom. The van der Waals surface area contributed by atoms with Gasteiger partial charge in [0.2, 0.25) is 17.7 Å². The Balaban J connectivity index is 1.74. The minimum atomic E-state index is -1.05. The molecule has 0 aromatic heterocycles. The summed E-state index contributed by atoms with van der Waals surface area (Å²) in [4.78, 5) is 64.6. The van der Waals surface area contributed by atoms with Crippen LogP contribution >= 0.6 is 11.8 Å². The van der Waals surface area contributed by atoms with Crippen molar-refractivity contribution in [3.8, 4) is 6.07 Å². The van der Waals surface area contributed by atoms with Gasteiger partial charge in [0.05, 0.1) is 29.7 Å². The van der Waals surface area contributed by atoms with Gasteiger partial charge in [0.25, 0.3) is 5.91 Å². The van der Waals surface area contributed by atoms with E-state index >= 15 is 0 Å². The summed E-state index contributed by atoms with van der Waals surface area (Å²) in [6, 6.07) is 6.36. The third-order valence-corrected chi connectivity index (χ3v) is 6.51. The molecular weight excluding hydrogens is 462 g/mol. The Labute approximate surface area is 200 Å². The number of carboxylic acid groups (broad SMARTS) is 1. The Bertz CT molecular complexity index is 1010. The van der Waals surface area contributed by atoms with E-state index in [1.54, 1.807) is 0 Å². The molecule has 0 radical (unpaired) electrons. The van der Waals surface area contributed by atoms with Gasteiger partial charge in [-0.1, -0.05) is 0 Å². The molecule has 2 saturated heterocycles. The van der Waals surface area contributed by atoms with Crippen molar-refractivity contribution in [1.29, 1.82) is 5.26 Å². The van der Waals surface area contributed by atoms with E-state index in [-0.39, 0.29) is 43.0 Å². The maximum absolute atomic E-state index is 13.1. The number of rotatable bonds is 7. The van der Waals surface area contributed by atoms with Crippen LogP contribution in [0.4, 0.5) is 0 Å². The molecule has 180 valence electrons. The predicted octanol–water partition coefficient (Wildman–Crippen LogP) is -0.576. The normalized spacial score (nSPS) is 20.1. The fourth-order valence-electron chi connectivity index (χ4n) is 3.85. The molecule has 34 heavy (non-hydrogen) atoms. The molecule has 3 N–H and O–H groups in total. The number of piperazine rings is 1. The quantitative estimate of drug-likeness (QED) is 0.461. The number of carbonyl (C=O) groups excluding carboxylic acids is 4. The maximum atomic E-state index is 13.1. The molecule has 1 aromatic carbocycles. The van der Waals surface area contributed by atoms with Gasteiger partial charge < -0.3 is 25.5 Å². The van der Waals surface area contributed by atoms with E-state index in [1.165, 1.54) is 34.1 Å². The number of carbonyl (C=O) groups is 5. The monoisotopic (exact) mass is 487 g/mol. The van der Waals surface area contributed by atoms with Gasteiger partial charge >= 0.3 is 5.97 Å². The van der Waals surface area contributed by atoms with E-state index < -0.39 is 29.9 Å². The highest BCUT2D eigenvalue weighted by molar-refractivity contribution is 8.00. The zero-order chi connectivity index (χ0) is 24.7. The van der Waals surface area contributed by atoms with Gasteiger partial charge in [0.15, 0.2) is 0 Å². The SMILES string of the molecule is N#Cc1ccc(C(=O)N2CCN(C(=O)CSCC(=O)O)[C@H](C(=O)N[C@H]3CCCNC3=O)C2)cc1. The largest absolute Gasteiger partial charge is 0.481 e. The predicted molar refractivity (Wildman–Crippen MR) is 122 cm³/mol. The molecule has 12 heteroatoms. The topological polar surface area (TPSA) is 160 Å². The average molecular weight is 488 g/mol. The summed E-state index contributed by atoms with van der Waals surface area (Å²) in [5.41, 5.74) is 0.760. The summed E-state index contributed by atoms with van der Waals surface area (Å²) in [7, 11) is 0. The van der Waals surface area contributed by atoms with Gasteiger partial charge in [0.1, 0.15) is 12.1 Å². The number of aliphatic carboxylic acids is 1. The van der Waals surface area contributed by atoms with Crippen molar-refractivity contribution in [3.63, 3.8) is 0 Å². The molecule has 0 saturated carbocycles. The van der Waals surface area contributed by atoms with Gasteiger partial charge in [-0.3, -0.25) is 24.0 Å². The van der Waals surface area contributed by atoms with Crippen LogP contribution in [0.5, 0.6) is 0 Å². The third-order valence-electron chi connectivity index (χ3n) is 5.60. The molecule has 1 aromatic rings. The molecule has 0 bridgehead atoms. The van der Waals surface area contributed by atoms with Crippen molar-refractivity contribution < 1.29 is 29.1 Å². The molecule has 0 spiro atoms. The van der Waals surface area contributed by atoms with Crippen LogP contribution < -0.4 is 10.6 Å². The molecule has 4 amide bonds. The van der Waals surface area contributed by atoms with Gasteiger partial charge in [0, 0.05) is 25.2 Å². The first-order chi connectivity index (χ1) is 16.3. The maximum Gasteiger partial charge on any atom is 0.313 e. The molecule has 0 aliphatic carbocycles. The Hall–Kier alpha value is -3.59. The Kier molecular flexibility index (Phi) is 8.48. The Morgan fingerprint density at radius 3 is 2.56 bits per heavy atom. The lowest BCUT2D eigenvalue weighted by Crippen LogP contribution is -2.64. The lowest BCUT2D eigenvalue weighted by molar-refractivity contribution is -0.142. The van der Waals surface area contributed by atoms with Crippen LogP contribution in [0.3, 0.4) is 0 Å². The van der Waals surface area contributed by atoms with Crippen LogP contribution in [0.2, 0.25) is 0 Å². The number of hydrogen-bond donors (Lipinski definition) is 3.